The van der Waals surface area contributed by atoms with E-state index in [0.29, 0.717) is 24.3 Å². The fraction of sp³-hybridized carbons (Fsp3) is 0.458. The van der Waals surface area contributed by atoms with Crippen LogP contribution in [-0.2, 0) is 17.6 Å². The summed E-state index contributed by atoms with van der Waals surface area (Å²) in [6.45, 7) is 0.682. The smallest absolute Gasteiger partial charge is 0.407 e. The van der Waals surface area contributed by atoms with E-state index in [1.54, 1.807) is 5.56 Å². The maximum absolute atomic E-state index is 11.3. The van der Waals surface area contributed by atoms with Gasteiger partial charge in [-0.1, -0.05) is 48.5 Å². The minimum atomic E-state index is -0.245. The summed E-state index contributed by atoms with van der Waals surface area (Å²) in [5.74, 6) is 1.78. The van der Waals surface area contributed by atoms with Gasteiger partial charge in [-0.3, -0.25) is 0 Å². The second-order valence-corrected chi connectivity index (χ2v) is 8.47. The summed E-state index contributed by atoms with van der Waals surface area (Å²) in [4.78, 5) is 11.3. The molecule has 3 heteroatoms. The highest BCUT2D eigenvalue weighted by atomic mass is 16.6. The highest BCUT2D eigenvalue weighted by Gasteiger charge is 2.37. The molecule has 0 radical (unpaired) electrons. The van der Waals surface area contributed by atoms with Crippen LogP contribution in [0.3, 0.4) is 0 Å². The van der Waals surface area contributed by atoms with Gasteiger partial charge in [0.1, 0.15) is 6.10 Å². The molecule has 3 aliphatic rings. The topological polar surface area (TPSA) is 38.3 Å². The average Bonchev–Trinajstić information content (AvgIpc) is 3.37. The van der Waals surface area contributed by atoms with Gasteiger partial charge in [0.15, 0.2) is 0 Å². The molecule has 27 heavy (non-hydrogen) atoms. The Morgan fingerprint density at radius 2 is 1.78 bits per heavy atom. The Balaban J connectivity index is 1.28. The Morgan fingerprint density at radius 3 is 2.59 bits per heavy atom. The van der Waals surface area contributed by atoms with Crippen LogP contribution in [0.4, 0.5) is 4.79 Å². The number of aryl methyl sites for hydroxylation is 1. The molecule has 1 aliphatic heterocycles. The van der Waals surface area contributed by atoms with Crippen molar-refractivity contribution in [1.29, 1.82) is 0 Å². The van der Waals surface area contributed by atoms with Gasteiger partial charge in [0.25, 0.3) is 0 Å². The van der Waals surface area contributed by atoms with Gasteiger partial charge in [-0.05, 0) is 78.5 Å². The third-order valence-electron chi connectivity index (χ3n) is 6.91. The largest absolute Gasteiger partial charge is 0.444 e. The molecular formula is C24H27NO2. The molecule has 3 nitrogen and oxygen atoms in total. The minimum absolute atomic E-state index is 0.0757. The first kappa shape index (κ1) is 16.9. The van der Waals surface area contributed by atoms with Gasteiger partial charge >= 0.3 is 6.09 Å². The fourth-order valence-corrected chi connectivity index (χ4v) is 5.36. The maximum Gasteiger partial charge on any atom is 0.407 e. The molecule has 140 valence electrons. The molecule has 0 spiro atoms. The van der Waals surface area contributed by atoms with Gasteiger partial charge in [0, 0.05) is 0 Å². The molecular weight excluding hydrogens is 334 g/mol. The van der Waals surface area contributed by atoms with Crippen molar-refractivity contribution in [2.75, 3.05) is 6.54 Å². The third-order valence-corrected chi connectivity index (χ3v) is 6.91. The Hall–Kier alpha value is -2.29. The van der Waals surface area contributed by atoms with Gasteiger partial charge < -0.3 is 10.1 Å². The first-order chi connectivity index (χ1) is 13.3. The van der Waals surface area contributed by atoms with Crippen LogP contribution in [0.2, 0.25) is 0 Å². The lowest BCUT2D eigenvalue weighted by Crippen LogP contribution is -2.22. The Kier molecular flexibility index (Phi) is 4.39. The molecule has 0 bridgehead atoms. The van der Waals surface area contributed by atoms with E-state index in [-0.39, 0.29) is 12.2 Å². The predicted octanol–water partition coefficient (Wildman–Crippen LogP) is 4.95. The van der Waals surface area contributed by atoms with E-state index in [2.05, 4.69) is 53.8 Å². The van der Waals surface area contributed by atoms with E-state index in [9.17, 15) is 4.79 Å². The molecule has 2 aromatic carbocycles. The maximum atomic E-state index is 11.3. The van der Waals surface area contributed by atoms with Gasteiger partial charge in [-0.25, -0.2) is 4.79 Å². The second-order valence-electron chi connectivity index (χ2n) is 8.47. The van der Waals surface area contributed by atoms with Crippen molar-refractivity contribution in [3.63, 3.8) is 0 Å². The number of hydrogen-bond donors (Lipinski definition) is 1. The van der Waals surface area contributed by atoms with Gasteiger partial charge in [-0.2, -0.15) is 0 Å². The van der Waals surface area contributed by atoms with Crippen LogP contribution in [0, 0.1) is 5.92 Å². The third kappa shape index (κ3) is 3.36. The molecule has 1 saturated heterocycles. The molecule has 5 rings (SSSR count). The van der Waals surface area contributed by atoms with E-state index in [1.165, 1.54) is 36.0 Å². The highest BCUT2D eigenvalue weighted by Crippen LogP contribution is 2.42. The number of nitrogens with one attached hydrogen (secondary N) is 1. The summed E-state index contributed by atoms with van der Waals surface area (Å²) in [6.07, 6.45) is 6.95. The van der Waals surface area contributed by atoms with Crippen molar-refractivity contribution in [3.8, 4) is 0 Å². The molecule has 2 aliphatic carbocycles. The summed E-state index contributed by atoms with van der Waals surface area (Å²) in [5, 5.41) is 2.80. The van der Waals surface area contributed by atoms with Crippen LogP contribution >= 0.6 is 0 Å². The van der Waals surface area contributed by atoms with Crippen LogP contribution in [0.1, 0.15) is 59.8 Å². The first-order valence-electron chi connectivity index (χ1n) is 10.4. The molecule has 2 unspecified atom stereocenters. The van der Waals surface area contributed by atoms with E-state index in [0.717, 1.165) is 19.3 Å². The number of rotatable bonds is 3. The van der Waals surface area contributed by atoms with E-state index in [4.69, 9.17) is 4.74 Å². The van der Waals surface area contributed by atoms with Crippen molar-refractivity contribution in [1.82, 2.24) is 5.32 Å². The lowest BCUT2D eigenvalue weighted by atomic mass is 9.79. The van der Waals surface area contributed by atoms with Crippen LogP contribution < -0.4 is 5.32 Å². The van der Waals surface area contributed by atoms with Crippen molar-refractivity contribution in [3.05, 3.63) is 70.8 Å². The standard InChI is InChI=1S/C24H27NO2/c26-24-25-15-23(27-24)22-11-10-21(14-22)20-9-8-18-12-17(6-7-19(18)13-20)16-4-2-1-3-5-16/h1-5,8-9,13,17,21-23H,6-7,10-12,14-15H2,(H,25,26)/t17?,21-,22-,23?/m0/s1. The molecule has 0 aromatic heterocycles. The van der Waals surface area contributed by atoms with Crippen molar-refractivity contribution < 1.29 is 9.53 Å². The molecule has 2 aromatic rings. The molecule has 2 fully saturated rings. The van der Waals surface area contributed by atoms with Crippen LogP contribution in [0.25, 0.3) is 0 Å². The average molecular weight is 361 g/mol. The second kappa shape index (κ2) is 7.03. The number of alkyl carbamates (subject to hydrolysis) is 1. The van der Waals surface area contributed by atoms with Crippen molar-refractivity contribution in [2.24, 2.45) is 5.92 Å². The normalized spacial score (nSPS) is 29.9. The number of cyclic esters (lactones) is 1. The number of ether oxygens (including phenoxy) is 1. The zero-order valence-electron chi connectivity index (χ0n) is 15.7. The monoisotopic (exact) mass is 361 g/mol. The summed E-state index contributed by atoms with van der Waals surface area (Å²) in [5.41, 5.74) is 6.05. The summed E-state index contributed by atoms with van der Waals surface area (Å²) in [6, 6.07) is 18.2. The van der Waals surface area contributed by atoms with Crippen LogP contribution in [-0.4, -0.2) is 18.7 Å². The minimum Gasteiger partial charge on any atom is -0.444 e. The van der Waals surface area contributed by atoms with Crippen molar-refractivity contribution in [2.45, 2.75) is 56.5 Å². The zero-order valence-corrected chi connectivity index (χ0v) is 15.7. The quantitative estimate of drug-likeness (QED) is 0.840. The lowest BCUT2D eigenvalue weighted by Gasteiger charge is -2.26. The molecule has 1 saturated carbocycles. The molecule has 1 heterocycles. The number of carbonyl (C=O) groups is 1. The molecule has 1 amide bonds. The van der Waals surface area contributed by atoms with Gasteiger partial charge in [-0.15, -0.1) is 0 Å². The van der Waals surface area contributed by atoms with Crippen molar-refractivity contribution >= 4 is 6.09 Å². The highest BCUT2D eigenvalue weighted by molar-refractivity contribution is 5.69. The van der Waals surface area contributed by atoms with E-state index in [1.807, 2.05) is 0 Å². The number of benzene rings is 2. The summed E-state index contributed by atoms with van der Waals surface area (Å²) in [7, 11) is 0. The lowest BCUT2D eigenvalue weighted by molar-refractivity contribution is 0.106. The van der Waals surface area contributed by atoms with Crippen LogP contribution in [0.15, 0.2) is 48.5 Å². The number of fused-ring (bicyclic) bond motifs is 1. The zero-order chi connectivity index (χ0) is 18.2. The van der Waals surface area contributed by atoms with Gasteiger partial charge in [0.2, 0.25) is 0 Å². The van der Waals surface area contributed by atoms with Gasteiger partial charge in [0.05, 0.1) is 6.54 Å². The summed E-state index contributed by atoms with van der Waals surface area (Å²) >= 11 is 0. The number of hydrogen-bond acceptors (Lipinski definition) is 2. The Bertz CT molecular complexity index is 832. The first-order valence-corrected chi connectivity index (χ1v) is 10.4. The predicted molar refractivity (Wildman–Crippen MR) is 106 cm³/mol. The number of amides is 1. The molecule has 1 N–H and O–H groups in total. The van der Waals surface area contributed by atoms with E-state index < -0.39 is 0 Å². The van der Waals surface area contributed by atoms with Crippen LogP contribution in [0.5, 0.6) is 0 Å². The van der Waals surface area contributed by atoms with E-state index >= 15 is 0 Å². The Labute approximate surface area is 161 Å². The SMILES string of the molecule is O=C1NCC([C@H]2CC[C@H](c3ccc4c(c3)CCC(c3ccccc3)C4)C2)O1. The number of carbonyl (C=O) groups excluding carboxylic acids is 1. The Morgan fingerprint density at radius 1 is 0.889 bits per heavy atom. The molecule has 4 atom stereocenters. The fourth-order valence-electron chi connectivity index (χ4n) is 5.36. The summed E-state index contributed by atoms with van der Waals surface area (Å²) < 4.78 is 5.42.